The van der Waals surface area contributed by atoms with Gasteiger partial charge in [-0.3, -0.25) is 4.98 Å². The van der Waals surface area contributed by atoms with Gasteiger partial charge in [0, 0.05) is 41.3 Å². The molecule has 0 aliphatic carbocycles. The molecule has 0 spiro atoms. The Kier molecular flexibility index (Phi) is 5.52. The number of fused-ring (bicyclic) bond motifs is 1. The highest BCUT2D eigenvalue weighted by molar-refractivity contribution is 7.91. The van der Waals surface area contributed by atoms with E-state index in [4.69, 9.17) is 0 Å². The van der Waals surface area contributed by atoms with Gasteiger partial charge in [-0.05, 0) is 43.3 Å². The van der Waals surface area contributed by atoms with Crippen LogP contribution in [0.3, 0.4) is 0 Å². The van der Waals surface area contributed by atoms with Crippen molar-refractivity contribution in [2.45, 2.75) is 11.1 Å². The van der Waals surface area contributed by atoms with Crippen molar-refractivity contribution in [3.8, 4) is 11.4 Å². The Morgan fingerprint density at radius 2 is 1.76 bits per heavy atom. The first-order valence-corrected chi connectivity index (χ1v) is 11.3. The second-order valence-electron chi connectivity index (χ2n) is 6.34. The van der Waals surface area contributed by atoms with Crippen LogP contribution in [-0.2, 0) is 10.0 Å². The Bertz CT molecular complexity index is 1240. The molecule has 148 valence electrons. The highest BCUT2D eigenvalue weighted by Gasteiger charge is 2.15. The van der Waals surface area contributed by atoms with Crippen LogP contribution in [0.1, 0.15) is 4.88 Å². The van der Waals surface area contributed by atoms with E-state index in [9.17, 15) is 8.42 Å². The Hall–Kier alpha value is -2.88. The Labute approximate surface area is 172 Å². The minimum Gasteiger partial charge on any atom is -0.368 e. The fraction of sp³-hybridized carbons (Fsp3) is 0.150. The first kappa shape index (κ1) is 19.4. The fourth-order valence-electron chi connectivity index (χ4n) is 2.84. The lowest BCUT2D eigenvalue weighted by Crippen LogP contribution is -2.28. The van der Waals surface area contributed by atoms with Gasteiger partial charge in [0.15, 0.2) is 5.82 Å². The quantitative estimate of drug-likeness (QED) is 0.440. The molecule has 3 aromatic heterocycles. The molecule has 4 rings (SSSR count). The van der Waals surface area contributed by atoms with E-state index in [1.54, 1.807) is 24.5 Å². The van der Waals surface area contributed by atoms with Gasteiger partial charge in [-0.2, -0.15) is 0 Å². The maximum atomic E-state index is 12.3. The lowest BCUT2D eigenvalue weighted by Gasteiger charge is -2.11. The van der Waals surface area contributed by atoms with Crippen molar-refractivity contribution < 1.29 is 8.42 Å². The molecule has 0 aliphatic heterocycles. The zero-order valence-electron chi connectivity index (χ0n) is 15.7. The Morgan fingerprint density at radius 3 is 2.52 bits per heavy atom. The molecule has 3 heterocycles. The SMILES string of the molecule is Cc1ccc(S(=O)(=O)NCCNc2nc(-c3ccncc3)nc3ccccc23)s1. The number of hydrogen-bond acceptors (Lipinski definition) is 7. The van der Waals surface area contributed by atoms with E-state index in [1.165, 1.54) is 11.3 Å². The van der Waals surface area contributed by atoms with Gasteiger partial charge in [-0.25, -0.2) is 23.1 Å². The van der Waals surface area contributed by atoms with Crippen molar-refractivity contribution in [2.24, 2.45) is 0 Å². The summed E-state index contributed by atoms with van der Waals surface area (Å²) < 4.78 is 27.6. The molecule has 0 saturated heterocycles. The average Bonchev–Trinajstić information content (AvgIpc) is 3.19. The number of thiophene rings is 1. The molecule has 7 nitrogen and oxygen atoms in total. The molecule has 1 aromatic carbocycles. The summed E-state index contributed by atoms with van der Waals surface area (Å²) in [6.07, 6.45) is 3.39. The zero-order chi connectivity index (χ0) is 20.3. The van der Waals surface area contributed by atoms with E-state index < -0.39 is 10.0 Å². The van der Waals surface area contributed by atoms with Crippen molar-refractivity contribution in [3.63, 3.8) is 0 Å². The van der Waals surface area contributed by atoms with E-state index in [2.05, 4.69) is 25.0 Å². The maximum Gasteiger partial charge on any atom is 0.250 e. The van der Waals surface area contributed by atoms with Gasteiger partial charge in [0.1, 0.15) is 10.0 Å². The van der Waals surface area contributed by atoms with Crippen LogP contribution < -0.4 is 10.0 Å². The number of benzene rings is 1. The van der Waals surface area contributed by atoms with Gasteiger partial charge in [0.05, 0.1) is 5.52 Å². The highest BCUT2D eigenvalue weighted by atomic mass is 32.2. The van der Waals surface area contributed by atoms with Crippen molar-refractivity contribution >= 4 is 38.1 Å². The first-order chi connectivity index (χ1) is 14.0. The first-order valence-electron chi connectivity index (χ1n) is 9.00. The smallest absolute Gasteiger partial charge is 0.250 e. The van der Waals surface area contributed by atoms with E-state index in [1.807, 2.05) is 43.3 Å². The van der Waals surface area contributed by atoms with Crippen LogP contribution in [0.25, 0.3) is 22.3 Å². The topological polar surface area (TPSA) is 96.9 Å². The minimum atomic E-state index is -3.50. The van der Waals surface area contributed by atoms with Crippen LogP contribution in [0.5, 0.6) is 0 Å². The standard InChI is InChI=1S/C20H19N5O2S2/c1-14-6-7-18(28-14)29(26,27)23-13-12-22-20-16-4-2-3-5-17(16)24-19(25-20)15-8-10-21-11-9-15/h2-11,23H,12-13H2,1H3,(H,22,24,25). The highest BCUT2D eigenvalue weighted by Crippen LogP contribution is 2.24. The molecule has 29 heavy (non-hydrogen) atoms. The van der Waals surface area contributed by atoms with Crippen LogP contribution in [-0.4, -0.2) is 36.5 Å². The second-order valence-corrected chi connectivity index (χ2v) is 9.62. The molecular weight excluding hydrogens is 406 g/mol. The van der Waals surface area contributed by atoms with E-state index in [0.717, 1.165) is 21.3 Å². The molecule has 0 bridgehead atoms. The summed E-state index contributed by atoms with van der Waals surface area (Å²) in [6, 6.07) is 14.8. The third-order valence-electron chi connectivity index (χ3n) is 4.23. The molecule has 0 unspecified atom stereocenters. The second kappa shape index (κ2) is 8.24. The third kappa shape index (κ3) is 4.42. The molecule has 0 radical (unpaired) electrons. The van der Waals surface area contributed by atoms with Gasteiger partial charge in [-0.1, -0.05) is 12.1 Å². The molecular formula is C20H19N5O2S2. The van der Waals surface area contributed by atoms with Crippen LogP contribution in [0.2, 0.25) is 0 Å². The summed E-state index contributed by atoms with van der Waals surface area (Å²) in [7, 11) is -3.50. The zero-order valence-corrected chi connectivity index (χ0v) is 17.3. The van der Waals surface area contributed by atoms with Gasteiger partial charge in [-0.15, -0.1) is 11.3 Å². The molecule has 0 amide bonds. The molecule has 2 N–H and O–H groups in total. The summed E-state index contributed by atoms with van der Waals surface area (Å²) in [4.78, 5) is 14.3. The van der Waals surface area contributed by atoms with E-state index in [-0.39, 0.29) is 6.54 Å². The molecule has 4 aromatic rings. The number of para-hydroxylation sites is 1. The normalized spacial score (nSPS) is 11.6. The molecule has 0 saturated carbocycles. The summed E-state index contributed by atoms with van der Waals surface area (Å²) in [5.74, 6) is 1.25. The fourth-order valence-corrected chi connectivity index (χ4v) is 5.20. The van der Waals surface area contributed by atoms with E-state index >= 15 is 0 Å². The third-order valence-corrected chi connectivity index (χ3v) is 7.19. The van der Waals surface area contributed by atoms with Crippen molar-refractivity contribution in [1.29, 1.82) is 0 Å². The average molecular weight is 426 g/mol. The summed E-state index contributed by atoms with van der Waals surface area (Å²) in [6.45, 7) is 2.51. The number of sulfonamides is 1. The number of anilines is 1. The van der Waals surface area contributed by atoms with Crippen molar-refractivity contribution in [3.05, 3.63) is 65.8 Å². The van der Waals surface area contributed by atoms with Crippen LogP contribution in [0.15, 0.2) is 65.1 Å². The minimum absolute atomic E-state index is 0.238. The van der Waals surface area contributed by atoms with Crippen LogP contribution >= 0.6 is 11.3 Å². The molecule has 9 heteroatoms. The van der Waals surface area contributed by atoms with Gasteiger partial charge < -0.3 is 5.32 Å². The Balaban J connectivity index is 1.52. The lowest BCUT2D eigenvalue weighted by atomic mass is 10.2. The summed E-state index contributed by atoms with van der Waals surface area (Å²) in [5, 5.41) is 4.11. The number of pyridine rings is 1. The largest absolute Gasteiger partial charge is 0.368 e. The Morgan fingerprint density at radius 1 is 0.966 bits per heavy atom. The van der Waals surface area contributed by atoms with Gasteiger partial charge in [0.2, 0.25) is 10.0 Å². The number of aryl methyl sites for hydroxylation is 1. The summed E-state index contributed by atoms with van der Waals surface area (Å²) in [5.41, 5.74) is 1.68. The predicted molar refractivity (Wildman–Crippen MR) is 116 cm³/mol. The maximum absolute atomic E-state index is 12.3. The van der Waals surface area contributed by atoms with Crippen molar-refractivity contribution in [2.75, 3.05) is 18.4 Å². The monoisotopic (exact) mass is 425 g/mol. The van der Waals surface area contributed by atoms with Gasteiger partial charge in [0.25, 0.3) is 0 Å². The van der Waals surface area contributed by atoms with Gasteiger partial charge >= 0.3 is 0 Å². The number of aromatic nitrogens is 3. The molecule has 0 fully saturated rings. The number of nitrogens with zero attached hydrogens (tertiary/aromatic N) is 3. The molecule has 0 aliphatic rings. The summed E-state index contributed by atoms with van der Waals surface area (Å²) >= 11 is 1.25. The van der Waals surface area contributed by atoms with Crippen LogP contribution in [0.4, 0.5) is 5.82 Å². The number of hydrogen-bond donors (Lipinski definition) is 2. The predicted octanol–water partition coefficient (Wildman–Crippen LogP) is 3.45. The van der Waals surface area contributed by atoms with E-state index in [0.29, 0.717) is 22.4 Å². The molecule has 0 atom stereocenters. The number of rotatable bonds is 7. The number of nitrogens with one attached hydrogen (secondary N) is 2. The van der Waals surface area contributed by atoms with Crippen molar-refractivity contribution in [1.82, 2.24) is 19.7 Å². The van der Waals surface area contributed by atoms with Crippen LogP contribution in [0, 0.1) is 6.92 Å². The lowest BCUT2D eigenvalue weighted by molar-refractivity contribution is 0.585.